The Morgan fingerprint density at radius 3 is 2.27 bits per heavy atom. The van der Waals surface area contributed by atoms with Crippen LogP contribution in [0.5, 0.6) is 0 Å². The highest BCUT2D eigenvalue weighted by molar-refractivity contribution is 7.89. The normalized spacial score (nSPS) is 16.6. The van der Waals surface area contributed by atoms with Crippen LogP contribution in [-0.2, 0) is 22.0 Å². The SMILES string of the molecule is CN=C(NCc1ccccc1S(=O)(=O)N(C)C)NCC1(c2ccccc2)CCCC1. The molecule has 6 nitrogen and oxygen atoms in total. The third-order valence-electron chi connectivity index (χ3n) is 5.94. The Hall–Kier alpha value is -2.38. The van der Waals surface area contributed by atoms with Gasteiger partial charge in [-0.15, -0.1) is 0 Å². The summed E-state index contributed by atoms with van der Waals surface area (Å²) in [6.45, 7) is 1.18. The average Bonchev–Trinajstić information content (AvgIpc) is 3.25. The van der Waals surface area contributed by atoms with Gasteiger partial charge >= 0.3 is 0 Å². The zero-order valence-electron chi connectivity index (χ0n) is 18.1. The van der Waals surface area contributed by atoms with E-state index >= 15 is 0 Å². The Morgan fingerprint density at radius 1 is 1.00 bits per heavy atom. The molecule has 1 saturated carbocycles. The number of rotatable bonds is 7. The van der Waals surface area contributed by atoms with E-state index in [-0.39, 0.29) is 5.41 Å². The maximum Gasteiger partial charge on any atom is 0.242 e. The van der Waals surface area contributed by atoms with Crippen molar-refractivity contribution < 1.29 is 8.42 Å². The van der Waals surface area contributed by atoms with Crippen molar-refractivity contribution in [2.24, 2.45) is 4.99 Å². The Balaban J connectivity index is 1.69. The van der Waals surface area contributed by atoms with Crippen LogP contribution < -0.4 is 10.6 Å². The van der Waals surface area contributed by atoms with Gasteiger partial charge in [0.25, 0.3) is 0 Å². The Bertz CT molecular complexity index is 966. The standard InChI is InChI=1S/C23H32N4O2S/c1-24-22(25-17-19-11-7-8-14-21(19)30(28,29)27(2)3)26-18-23(15-9-10-16-23)20-12-5-4-6-13-20/h4-8,11-14H,9-10,15-18H2,1-3H3,(H2,24,25,26). The summed E-state index contributed by atoms with van der Waals surface area (Å²) in [4.78, 5) is 4.66. The van der Waals surface area contributed by atoms with E-state index in [1.165, 1.54) is 22.7 Å². The number of benzene rings is 2. The molecule has 30 heavy (non-hydrogen) atoms. The molecule has 0 heterocycles. The lowest BCUT2D eigenvalue weighted by Gasteiger charge is -2.31. The topological polar surface area (TPSA) is 73.8 Å². The molecule has 1 aliphatic carbocycles. The van der Waals surface area contributed by atoms with Crippen LogP contribution in [0.4, 0.5) is 0 Å². The maximum atomic E-state index is 12.6. The predicted octanol–water partition coefficient (Wildman–Crippen LogP) is 3.11. The van der Waals surface area contributed by atoms with Crippen molar-refractivity contribution in [3.8, 4) is 0 Å². The summed E-state index contributed by atoms with van der Waals surface area (Å²) in [7, 11) is 1.33. The van der Waals surface area contributed by atoms with Crippen molar-refractivity contribution in [2.45, 2.75) is 42.5 Å². The summed E-state index contributed by atoms with van der Waals surface area (Å²) in [5.41, 5.74) is 2.20. The number of guanidine groups is 1. The van der Waals surface area contributed by atoms with Crippen molar-refractivity contribution in [1.82, 2.24) is 14.9 Å². The molecule has 0 amide bonds. The van der Waals surface area contributed by atoms with Gasteiger partial charge in [-0.05, 0) is 30.0 Å². The first-order valence-electron chi connectivity index (χ1n) is 10.4. The van der Waals surface area contributed by atoms with Gasteiger partial charge in [0.05, 0.1) is 4.90 Å². The summed E-state index contributed by atoms with van der Waals surface area (Å²) in [5, 5.41) is 6.77. The molecule has 0 atom stereocenters. The zero-order valence-corrected chi connectivity index (χ0v) is 18.9. The fourth-order valence-electron chi connectivity index (χ4n) is 4.16. The maximum absolute atomic E-state index is 12.6. The van der Waals surface area contributed by atoms with Crippen LogP contribution in [0.15, 0.2) is 64.5 Å². The molecule has 0 aliphatic heterocycles. The van der Waals surface area contributed by atoms with E-state index in [1.54, 1.807) is 33.3 Å². The minimum Gasteiger partial charge on any atom is -0.356 e. The second kappa shape index (κ2) is 9.62. The van der Waals surface area contributed by atoms with E-state index in [1.807, 2.05) is 12.1 Å². The van der Waals surface area contributed by atoms with Crippen LogP contribution in [0.1, 0.15) is 36.8 Å². The molecular formula is C23H32N4O2S. The second-order valence-corrected chi connectivity index (χ2v) is 10.1. The number of hydrogen-bond acceptors (Lipinski definition) is 3. The third kappa shape index (κ3) is 4.84. The second-order valence-electron chi connectivity index (χ2n) is 8.03. The van der Waals surface area contributed by atoms with Crippen molar-refractivity contribution in [2.75, 3.05) is 27.7 Å². The van der Waals surface area contributed by atoms with Crippen LogP contribution >= 0.6 is 0 Å². The van der Waals surface area contributed by atoms with Crippen LogP contribution in [0.25, 0.3) is 0 Å². The molecule has 0 aromatic heterocycles. The van der Waals surface area contributed by atoms with Gasteiger partial charge in [0, 0.05) is 39.6 Å². The van der Waals surface area contributed by atoms with E-state index in [9.17, 15) is 8.42 Å². The van der Waals surface area contributed by atoms with Crippen LogP contribution in [0.2, 0.25) is 0 Å². The third-order valence-corrected chi connectivity index (χ3v) is 7.86. The van der Waals surface area contributed by atoms with Gasteiger partial charge in [0.15, 0.2) is 5.96 Å². The van der Waals surface area contributed by atoms with Gasteiger partial charge in [0.1, 0.15) is 0 Å². The van der Waals surface area contributed by atoms with Gasteiger partial charge in [0.2, 0.25) is 10.0 Å². The fourth-order valence-corrected chi connectivity index (χ4v) is 5.28. The fraction of sp³-hybridized carbons (Fsp3) is 0.435. The molecule has 1 fully saturated rings. The van der Waals surface area contributed by atoms with Crippen molar-refractivity contribution >= 4 is 16.0 Å². The lowest BCUT2D eigenvalue weighted by atomic mass is 9.79. The molecule has 0 saturated heterocycles. The van der Waals surface area contributed by atoms with Crippen molar-refractivity contribution in [3.05, 3.63) is 65.7 Å². The molecular weight excluding hydrogens is 396 g/mol. The van der Waals surface area contributed by atoms with Gasteiger partial charge in [-0.3, -0.25) is 4.99 Å². The highest BCUT2D eigenvalue weighted by Crippen LogP contribution is 2.40. The lowest BCUT2D eigenvalue weighted by Crippen LogP contribution is -2.44. The molecule has 2 aromatic carbocycles. The average molecular weight is 429 g/mol. The van der Waals surface area contributed by atoms with Crippen molar-refractivity contribution in [1.29, 1.82) is 0 Å². The molecule has 0 spiro atoms. The monoisotopic (exact) mass is 428 g/mol. The summed E-state index contributed by atoms with van der Waals surface area (Å²) in [6, 6.07) is 17.8. The van der Waals surface area contributed by atoms with Gasteiger partial charge in [-0.25, -0.2) is 12.7 Å². The van der Waals surface area contributed by atoms with Crippen LogP contribution in [0, 0.1) is 0 Å². The molecule has 162 valence electrons. The van der Waals surface area contributed by atoms with Gasteiger partial charge in [-0.2, -0.15) is 0 Å². The van der Waals surface area contributed by atoms with E-state index in [4.69, 9.17) is 0 Å². The Morgan fingerprint density at radius 2 is 1.63 bits per heavy atom. The zero-order chi connectivity index (χ0) is 21.6. The quantitative estimate of drug-likeness (QED) is 0.525. The van der Waals surface area contributed by atoms with Gasteiger partial charge in [-0.1, -0.05) is 61.4 Å². The first-order valence-corrected chi connectivity index (χ1v) is 11.8. The molecule has 2 N–H and O–H groups in total. The molecule has 1 aliphatic rings. The molecule has 2 aromatic rings. The van der Waals surface area contributed by atoms with E-state index in [2.05, 4.69) is 46.0 Å². The summed E-state index contributed by atoms with van der Waals surface area (Å²) >= 11 is 0. The van der Waals surface area contributed by atoms with Gasteiger partial charge < -0.3 is 10.6 Å². The number of nitrogens with zero attached hydrogens (tertiary/aromatic N) is 2. The summed E-state index contributed by atoms with van der Waals surface area (Å²) in [6.07, 6.45) is 4.78. The predicted molar refractivity (Wildman–Crippen MR) is 122 cm³/mol. The number of nitrogens with one attached hydrogen (secondary N) is 2. The highest BCUT2D eigenvalue weighted by Gasteiger charge is 2.35. The Labute approximate surface area is 180 Å². The molecule has 0 unspecified atom stereocenters. The largest absolute Gasteiger partial charge is 0.356 e. The summed E-state index contributed by atoms with van der Waals surface area (Å²) < 4.78 is 26.5. The minimum atomic E-state index is -3.50. The first kappa shape index (κ1) is 22.3. The first-order chi connectivity index (χ1) is 14.4. The minimum absolute atomic E-state index is 0.116. The van der Waals surface area contributed by atoms with Crippen molar-refractivity contribution in [3.63, 3.8) is 0 Å². The van der Waals surface area contributed by atoms with E-state index in [0.717, 1.165) is 19.4 Å². The molecule has 0 radical (unpaired) electrons. The number of aliphatic imine (C=N–C) groups is 1. The van der Waals surface area contributed by atoms with Crippen LogP contribution in [0.3, 0.4) is 0 Å². The van der Waals surface area contributed by atoms with E-state index in [0.29, 0.717) is 23.0 Å². The van der Waals surface area contributed by atoms with E-state index < -0.39 is 10.0 Å². The lowest BCUT2D eigenvalue weighted by molar-refractivity contribution is 0.431. The number of hydrogen-bond donors (Lipinski definition) is 2. The Kier molecular flexibility index (Phi) is 7.15. The smallest absolute Gasteiger partial charge is 0.242 e. The molecule has 7 heteroatoms. The summed E-state index contributed by atoms with van der Waals surface area (Å²) in [5.74, 6) is 0.675. The molecule has 3 rings (SSSR count). The molecule has 0 bridgehead atoms. The van der Waals surface area contributed by atoms with Crippen LogP contribution in [-0.4, -0.2) is 46.4 Å². The number of sulfonamides is 1. The highest BCUT2D eigenvalue weighted by atomic mass is 32.2.